The van der Waals surface area contributed by atoms with E-state index in [1.165, 1.54) is 24.9 Å². The Hall–Kier alpha value is -1.55. The lowest BCUT2D eigenvalue weighted by molar-refractivity contribution is -0.117. The van der Waals surface area contributed by atoms with Crippen LogP contribution in [0.1, 0.15) is 44.7 Å². The summed E-state index contributed by atoms with van der Waals surface area (Å²) in [5.74, 6) is 0.0427. The molecule has 1 fully saturated rings. The largest absolute Gasteiger partial charge is 0.366 e. The summed E-state index contributed by atoms with van der Waals surface area (Å²) in [6.45, 7) is 4.54. The van der Waals surface area contributed by atoms with Gasteiger partial charge in [-0.1, -0.05) is 13.0 Å². The summed E-state index contributed by atoms with van der Waals surface area (Å²) >= 11 is 0. The third kappa shape index (κ3) is 1.99. The maximum Gasteiger partial charge on any atom is 0.246 e. The van der Waals surface area contributed by atoms with Gasteiger partial charge >= 0.3 is 0 Å². The van der Waals surface area contributed by atoms with Gasteiger partial charge in [0.05, 0.1) is 0 Å². The molecule has 3 unspecified atom stereocenters. The smallest absolute Gasteiger partial charge is 0.246 e. The van der Waals surface area contributed by atoms with Gasteiger partial charge in [0.25, 0.3) is 0 Å². The lowest BCUT2D eigenvalue weighted by Crippen LogP contribution is -2.34. The van der Waals surface area contributed by atoms with E-state index in [9.17, 15) is 4.79 Å². The summed E-state index contributed by atoms with van der Waals surface area (Å²) in [7, 11) is 1.82. The van der Waals surface area contributed by atoms with Gasteiger partial charge in [-0.2, -0.15) is 0 Å². The number of hydrogen-bond donors (Lipinski definition) is 2. The van der Waals surface area contributed by atoms with Crippen LogP contribution in [0.4, 0.5) is 11.4 Å². The molecule has 2 N–H and O–H groups in total. The first-order chi connectivity index (χ1) is 9.65. The van der Waals surface area contributed by atoms with E-state index in [1.807, 2.05) is 7.05 Å². The minimum absolute atomic E-state index is 0.0427. The van der Waals surface area contributed by atoms with Crippen LogP contribution in [-0.2, 0) is 4.79 Å². The van der Waals surface area contributed by atoms with Crippen molar-refractivity contribution in [3.63, 3.8) is 0 Å². The van der Waals surface area contributed by atoms with E-state index < -0.39 is 0 Å². The zero-order chi connectivity index (χ0) is 14.3. The van der Waals surface area contributed by atoms with E-state index in [2.05, 4.69) is 47.6 Å². The topological polar surface area (TPSA) is 44.4 Å². The van der Waals surface area contributed by atoms with Gasteiger partial charge in [-0.25, -0.2) is 0 Å². The second-order valence-electron chi connectivity index (χ2n) is 5.88. The van der Waals surface area contributed by atoms with Crippen molar-refractivity contribution in [2.75, 3.05) is 17.3 Å². The Balaban J connectivity index is 1.94. The molecule has 1 amide bonds. The highest BCUT2D eigenvalue weighted by molar-refractivity contribution is 6.03. The molecule has 0 aliphatic carbocycles. The normalized spacial score (nSPS) is 28.6. The SMILES string of the molecule is CCC1CCC(C)N1c1ccc2c(c1)NC(=O)C2NC. The van der Waals surface area contributed by atoms with Crippen molar-refractivity contribution >= 4 is 17.3 Å². The number of carbonyl (C=O) groups is 1. The van der Waals surface area contributed by atoms with Crippen molar-refractivity contribution in [2.45, 2.75) is 51.2 Å². The van der Waals surface area contributed by atoms with Gasteiger partial charge in [-0.3, -0.25) is 4.79 Å². The molecule has 2 aliphatic rings. The molecule has 3 rings (SSSR count). The molecule has 1 saturated heterocycles. The Morgan fingerprint density at radius 1 is 1.40 bits per heavy atom. The van der Waals surface area contributed by atoms with Crippen LogP contribution in [0.3, 0.4) is 0 Å². The lowest BCUT2D eigenvalue weighted by atomic mass is 10.1. The first kappa shape index (κ1) is 13.4. The number of amides is 1. The fourth-order valence-corrected chi connectivity index (χ4v) is 3.64. The van der Waals surface area contributed by atoms with Gasteiger partial charge in [0, 0.05) is 29.0 Å². The molecule has 3 atom stereocenters. The maximum absolute atomic E-state index is 11.9. The van der Waals surface area contributed by atoms with Gasteiger partial charge in [-0.15, -0.1) is 0 Å². The fraction of sp³-hybridized carbons (Fsp3) is 0.562. The van der Waals surface area contributed by atoms with Crippen LogP contribution in [0, 0.1) is 0 Å². The quantitative estimate of drug-likeness (QED) is 0.890. The summed E-state index contributed by atoms with van der Waals surface area (Å²) in [4.78, 5) is 14.4. The van der Waals surface area contributed by atoms with E-state index in [0.717, 1.165) is 11.3 Å². The van der Waals surface area contributed by atoms with Crippen molar-refractivity contribution in [2.24, 2.45) is 0 Å². The highest BCUT2D eigenvalue weighted by Crippen LogP contribution is 2.38. The number of nitrogens with one attached hydrogen (secondary N) is 2. The predicted octanol–water partition coefficient (Wildman–Crippen LogP) is 2.67. The zero-order valence-corrected chi connectivity index (χ0v) is 12.4. The number of anilines is 2. The minimum Gasteiger partial charge on any atom is -0.366 e. The van der Waals surface area contributed by atoms with Gasteiger partial charge in [0.2, 0.25) is 5.91 Å². The molecule has 0 saturated carbocycles. The van der Waals surface area contributed by atoms with Gasteiger partial charge in [0.1, 0.15) is 6.04 Å². The van der Waals surface area contributed by atoms with Crippen LogP contribution in [0.5, 0.6) is 0 Å². The summed E-state index contributed by atoms with van der Waals surface area (Å²) in [5.41, 5.74) is 3.25. The molecule has 0 bridgehead atoms. The minimum atomic E-state index is -0.211. The summed E-state index contributed by atoms with van der Waals surface area (Å²) in [6, 6.07) is 7.37. The Morgan fingerprint density at radius 3 is 2.90 bits per heavy atom. The average Bonchev–Trinajstić information content (AvgIpc) is 2.96. The van der Waals surface area contributed by atoms with E-state index >= 15 is 0 Å². The van der Waals surface area contributed by atoms with E-state index in [1.54, 1.807) is 0 Å². The number of fused-ring (bicyclic) bond motifs is 1. The summed E-state index contributed by atoms with van der Waals surface area (Å²) in [6.07, 6.45) is 3.69. The molecule has 108 valence electrons. The standard InChI is InChI=1S/C16H23N3O/c1-4-11-6-5-10(2)19(11)12-7-8-13-14(9-12)18-16(20)15(13)17-3/h7-11,15,17H,4-6H2,1-3H3,(H,18,20). The van der Waals surface area contributed by atoms with Crippen LogP contribution < -0.4 is 15.5 Å². The van der Waals surface area contributed by atoms with Crippen molar-refractivity contribution in [3.05, 3.63) is 23.8 Å². The Labute approximate surface area is 120 Å². The molecule has 1 aromatic rings. The number of rotatable bonds is 3. The van der Waals surface area contributed by atoms with Crippen molar-refractivity contribution < 1.29 is 4.79 Å². The second kappa shape index (κ2) is 5.09. The first-order valence-electron chi connectivity index (χ1n) is 7.56. The Morgan fingerprint density at radius 2 is 2.20 bits per heavy atom. The van der Waals surface area contributed by atoms with Gasteiger partial charge in [-0.05, 0) is 45.4 Å². The number of carbonyl (C=O) groups excluding carboxylic acids is 1. The number of benzene rings is 1. The molecule has 2 aliphatic heterocycles. The Kier molecular flexibility index (Phi) is 3.42. The molecule has 2 heterocycles. The predicted molar refractivity (Wildman–Crippen MR) is 82.1 cm³/mol. The molecule has 0 aromatic heterocycles. The summed E-state index contributed by atoms with van der Waals surface area (Å²) in [5, 5.41) is 6.04. The van der Waals surface area contributed by atoms with Gasteiger partial charge in [0.15, 0.2) is 0 Å². The highest BCUT2D eigenvalue weighted by atomic mass is 16.2. The van der Waals surface area contributed by atoms with Crippen molar-refractivity contribution in [3.8, 4) is 0 Å². The molecule has 0 spiro atoms. The third-order valence-electron chi connectivity index (χ3n) is 4.71. The van der Waals surface area contributed by atoms with E-state index in [-0.39, 0.29) is 11.9 Å². The molecule has 4 nitrogen and oxygen atoms in total. The molecule has 20 heavy (non-hydrogen) atoms. The van der Waals surface area contributed by atoms with Gasteiger partial charge < -0.3 is 15.5 Å². The zero-order valence-electron chi connectivity index (χ0n) is 12.4. The Bertz CT molecular complexity index is 528. The lowest BCUT2D eigenvalue weighted by Gasteiger charge is -2.30. The maximum atomic E-state index is 11.9. The second-order valence-corrected chi connectivity index (χ2v) is 5.88. The molecular formula is C16H23N3O. The molecule has 4 heteroatoms. The number of hydrogen-bond acceptors (Lipinski definition) is 3. The van der Waals surface area contributed by atoms with Crippen molar-refractivity contribution in [1.82, 2.24) is 5.32 Å². The highest BCUT2D eigenvalue weighted by Gasteiger charge is 2.33. The molecular weight excluding hydrogens is 250 g/mol. The van der Waals surface area contributed by atoms with Crippen LogP contribution >= 0.6 is 0 Å². The summed E-state index contributed by atoms with van der Waals surface area (Å²) < 4.78 is 0. The van der Waals surface area contributed by atoms with Crippen LogP contribution in [0.25, 0.3) is 0 Å². The molecule has 0 radical (unpaired) electrons. The fourth-order valence-electron chi connectivity index (χ4n) is 3.64. The number of likely N-dealkylation sites (N-methyl/N-ethyl adjacent to an activating group) is 1. The number of nitrogens with zero attached hydrogens (tertiary/aromatic N) is 1. The van der Waals surface area contributed by atoms with Crippen LogP contribution in [0.15, 0.2) is 18.2 Å². The third-order valence-corrected chi connectivity index (χ3v) is 4.71. The van der Waals surface area contributed by atoms with E-state index in [4.69, 9.17) is 0 Å². The van der Waals surface area contributed by atoms with Crippen molar-refractivity contribution in [1.29, 1.82) is 0 Å². The monoisotopic (exact) mass is 273 g/mol. The van der Waals surface area contributed by atoms with Crippen LogP contribution in [0.2, 0.25) is 0 Å². The molecule has 1 aromatic carbocycles. The first-order valence-corrected chi connectivity index (χ1v) is 7.56. The van der Waals surface area contributed by atoms with Crippen LogP contribution in [-0.4, -0.2) is 25.0 Å². The average molecular weight is 273 g/mol. The van der Waals surface area contributed by atoms with E-state index in [0.29, 0.717) is 12.1 Å².